The lowest BCUT2D eigenvalue weighted by molar-refractivity contribution is 0.579. The Kier molecular flexibility index (Phi) is 5.90. The molecule has 6 aromatic carbocycles. The molecule has 0 spiro atoms. The van der Waals surface area contributed by atoms with Crippen LogP contribution in [0.5, 0.6) is 0 Å². The number of hydrogen-bond acceptors (Lipinski definition) is 6. The van der Waals surface area contributed by atoms with E-state index in [0.29, 0.717) is 5.84 Å². The van der Waals surface area contributed by atoms with Gasteiger partial charge in [-0.2, -0.15) is 0 Å². The van der Waals surface area contributed by atoms with Crippen molar-refractivity contribution in [2.24, 2.45) is 9.98 Å². The molecular weight excluding hydrogens is 592 g/mol. The molecule has 2 N–H and O–H groups in total. The van der Waals surface area contributed by atoms with Crippen molar-refractivity contribution in [2.45, 2.75) is 12.2 Å². The van der Waals surface area contributed by atoms with Gasteiger partial charge in [-0.05, 0) is 46.2 Å². The van der Waals surface area contributed by atoms with E-state index < -0.39 is 0 Å². The number of hydrogen-bond donors (Lipinski definition) is 2. The summed E-state index contributed by atoms with van der Waals surface area (Å²) in [6.45, 7) is 0. The molecule has 2 aliphatic heterocycles. The largest absolute Gasteiger partial charge is 0.456 e. The van der Waals surface area contributed by atoms with Gasteiger partial charge in [0.1, 0.15) is 40.6 Å². The van der Waals surface area contributed by atoms with Crippen LogP contribution in [0.25, 0.3) is 49.3 Å². The van der Waals surface area contributed by atoms with Gasteiger partial charge in [-0.25, -0.2) is 9.98 Å². The molecular formula is C42H28N4O2. The van der Waals surface area contributed by atoms with E-state index in [0.717, 1.165) is 72.3 Å². The zero-order valence-corrected chi connectivity index (χ0v) is 25.7. The molecule has 8 aromatic rings. The molecule has 2 aromatic heterocycles. The molecule has 6 heteroatoms. The van der Waals surface area contributed by atoms with Gasteiger partial charge in [0.05, 0.1) is 0 Å². The Bertz CT molecular complexity index is 2640. The lowest BCUT2D eigenvalue weighted by atomic mass is 9.90. The van der Waals surface area contributed by atoms with Gasteiger partial charge >= 0.3 is 0 Å². The molecule has 2 aliphatic rings. The van der Waals surface area contributed by atoms with E-state index in [4.69, 9.17) is 18.8 Å². The van der Waals surface area contributed by atoms with E-state index in [1.165, 1.54) is 10.8 Å². The highest BCUT2D eigenvalue weighted by atomic mass is 16.3. The topological polar surface area (TPSA) is 75.1 Å². The monoisotopic (exact) mass is 620 g/mol. The van der Waals surface area contributed by atoms with E-state index in [2.05, 4.69) is 108 Å². The maximum atomic E-state index is 6.69. The van der Waals surface area contributed by atoms with Gasteiger partial charge in [0.2, 0.25) is 0 Å². The SMILES string of the molecule is C1=C(c2cccc3ccccc23)c2oc3ccccc3c2C(C2=NC(c3ccccc3)NC(c3ccc4c(c3)oc3ccccc34)=N2)N1. The number of nitrogens with zero attached hydrogens (tertiary/aromatic N) is 2. The molecule has 228 valence electrons. The number of rotatable bonds is 4. The third-order valence-corrected chi connectivity index (χ3v) is 9.43. The van der Waals surface area contributed by atoms with Crippen LogP contribution in [0.2, 0.25) is 0 Å². The number of nitrogens with one attached hydrogen (secondary N) is 2. The van der Waals surface area contributed by atoms with E-state index in [1.54, 1.807) is 0 Å². The van der Waals surface area contributed by atoms with Gasteiger partial charge in [0.25, 0.3) is 0 Å². The van der Waals surface area contributed by atoms with Crippen LogP contribution in [0.15, 0.2) is 165 Å². The first-order chi connectivity index (χ1) is 23.8. The summed E-state index contributed by atoms with van der Waals surface area (Å²) in [5, 5.41) is 12.9. The maximum Gasteiger partial charge on any atom is 0.155 e. The molecule has 6 nitrogen and oxygen atoms in total. The van der Waals surface area contributed by atoms with Gasteiger partial charge in [-0.1, -0.05) is 115 Å². The first-order valence-corrected chi connectivity index (χ1v) is 16.1. The van der Waals surface area contributed by atoms with Crippen molar-refractivity contribution >= 4 is 60.9 Å². The summed E-state index contributed by atoms with van der Waals surface area (Å²) in [7, 11) is 0. The smallest absolute Gasteiger partial charge is 0.155 e. The van der Waals surface area contributed by atoms with E-state index in [-0.39, 0.29) is 12.2 Å². The van der Waals surface area contributed by atoms with Crippen LogP contribution < -0.4 is 10.6 Å². The maximum absolute atomic E-state index is 6.69. The lowest BCUT2D eigenvalue weighted by Gasteiger charge is -2.29. The number of furan rings is 2. The van der Waals surface area contributed by atoms with Crippen LogP contribution >= 0.6 is 0 Å². The second kappa shape index (κ2) is 10.6. The summed E-state index contributed by atoms with van der Waals surface area (Å²) in [5.41, 5.74) is 7.63. The zero-order valence-electron chi connectivity index (χ0n) is 25.7. The van der Waals surface area contributed by atoms with Gasteiger partial charge < -0.3 is 19.5 Å². The van der Waals surface area contributed by atoms with Crippen molar-refractivity contribution in [3.8, 4) is 0 Å². The molecule has 2 unspecified atom stereocenters. The third-order valence-electron chi connectivity index (χ3n) is 9.43. The summed E-state index contributed by atoms with van der Waals surface area (Å²) >= 11 is 0. The highest BCUT2D eigenvalue weighted by molar-refractivity contribution is 6.13. The molecule has 2 atom stereocenters. The van der Waals surface area contributed by atoms with Gasteiger partial charge in [-0.15, -0.1) is 0 Å². The summed E-state index contributed by atoms with van der Waals surface area (Å²) < 4.78 is 12.9. The molecule has 48 heavy (non-hydrogen) atoms. The van der Waals surface area contributed by atoms with Crippen molar-refractivity contribution in [2.75, 3.05) is 0 Å². The van der Waals surface area contributed by atoms with E-state index in [1.807, 2.05) is 48.5 Å². The minimum Gasteiger partial charge on any atom is -0.456 e. The van der Waals surface area contributed by atoms with Crippen LogP contribution in [0.1, 0.15) is 40.2 Å². The fraction of sp³-hybridized carbons (Fsp3) is 0.0476. The highest BCUT2D eigenvalue weighted by Crippen LogP contribution is 2.43. The Morgan fingerprint density at radius 1 is 0.583 bits per heavy atom. The third kappa shape index (κ3) is 4.19. The summed E-state index contributed by atoms with van der Waals surface area (Å²) in [6.07, 6.45) is 1.72. The average Bonchev–Trinajstić information content (AvgIpc) is 3.73. The van der Waals surface area contributed by atoms with Crippen LogP contribution in [0, 0.1) is 0 Å². The first-order valence-electron chi connectivity index (χ1n) is 16.1. The second-order valence-electron chi connectivity index (χ2n) is 12.2. The number of aliphatic imine (C=N–C) groups is 2. The molecule has 0 radical (unpaired) electrons. The molecule has 0 saturated carbocycles. The standard InChI is InChI=1S/C42H28N4O2/c1-2-12-26(13-3-1)40-44-41(27-21-22-31-30-16-6-8-19-34(30)47-36(31)23-27)46-42(45-40)38-37-32-17-7-9-20-35(32)48-39(37)33(24-43-38)29-18-10-14-25-11-4-5-15-28(25)29/h1-24,38,40,43H,(H,44,45,46). The number of benzene rings is 6. The molecule has 0 saturated heterocycles. The molecule has 0 fully saturated rings. The molecule has 10 rings (SSSR count). The van der Waals surface area contributed by atoms with Crippen LogP contribution in [0.3, 0.4) is 0 Å². The molecule has 0 aliphatic carbocycles. The summed E-state index contributed by atoms with van der Waals surface area (Å²) in [5.74, 6) is 2.23. The molecule has 0 bridgehead atoms. The van der Waals surface area contributed by atoms with E-state index >= 15 is 0 Å². The van der Waals surface area contributed by atoms with Crippen molar-refractivity contribution in [1.29, 1.82) is 0 Å². The fourth-order valence-electron chi connectivity index (χ4n) is 7.15. The van der Waals surface area contributed by atoms with Crippen LogP contribution in [0.4, 0.5) is 0 Å². The van der Waals surface area contributed by atoms with Crippen molar-refractivity contribution < 1.29 is 8.83 Å². The van der Waals surface area contributed by atoms with Crippen molar-refractivity contribution in [3.63, 3.8) is 0 Å². The summed E-state index contributed by atoms with van der Waals surface area (Å²) in [4.78, 5) is 10.5. The minimum absolute atomic E-state index is 0.341. The van der Waals surface area contributed by atoms with Gasteiger partial charge in [-0.3, -0.25) is 0 Å². The zero-order chi connectivity index (χ0) is 31.6. The predicted molar refractivity (Wildman–Crippen MR) is 193 cm³/mol. The second-order valence-corrected chi connectivity index (χ2v) is 12.2. The number of fused-ring (bicyclic) bond motifs is 7. The van der Waals surface area contributed by atoms with Gasteiger partial charge in [0.15, 0.2) is 5.84 Å². The quantitative estimate of drug-likeness (QED) is 0.205. The van der Waals surface area contributed by atoms with Crippen molar-refractivity contribution in [3.05, 3.63) is 174 Å². The van der Waals surface area contributed by atoms with Crippen LogP contribution in [-0.2, 0) is 0 Å². The Hall–Kier alpha value is -6.40. The lowest BCUT2D eigenvalue weighted by Crippen LogP contribution is -2.37. The number of para-hydroxylation sites is 2. The average molecular weight is 621 g/mol. The Morgan fingerprint density at radius 2 is 1.29 bits per heavy atom. The Morgan fingerprint density at radius 3 is 2.17 bits per heavy atom. The van der Waals surface area contributed by atoms with E-state index in [9.17, 15) is 0 Å². The molecule has 4 heterocycles. The fourth-order valence-corrected chi connectivity index (χ4v) is 7.15. The molecule has 0 amide bonds. The highest BCUT2D eigenvalue weighted by Gasteiger charge is 2.34. The number of amidine groups is 2. The minimum atomic E-state index is -0.347. The van der Waals surface area contributed by atoms with Crippen LogP contribution in [-0.4, -0.2) is 11.7 Å². The first kappa shape index (κ1) is 26.8. The van der Waals surface area contributed by atoms with Gasteiger partial charge in [0, 0.05) is 39.1 Å². The Balaban J connectivity index is 1.14. The predicted octanol–water partition coefficient (Wildman–Crippen LogP) is 9.67. The summed E-state index contributed by atoms with van der Waals surface area (Å²) in [6, 6.07) is 47.4. The normalized spacial score (nSPS) is 17.5. The Labute approximate surface area is 275 Å². The van der Waals surface area contributed by atoms with Crippen molar-refractivity contribution in [1.82, 2.24) is 10.6 Å².